The van der Waals surface area contributed by atoms with Gasteiger partial charge in [0.25, 0.3) is 5.91 Å². The van der Waals surface area contributed by atoms with E-state index in [1.807, 2.05) is 20.8 Å². The summed E-state index contributed by atoms with van der Waals surface area (Å²) >= 11 is 0. The first-order chi connectivity index (χ1) is 11.5. The zero-order valence-corrected chi connectivity index (χ0v) is 15.0. The molecule has 142 valence electrons. The summed E-state index contributed by atoms with van der Waals surface area (Å²) in [6, 6.07) is -1.03. The number of primary amides is 2. The van der Waals surface area contributed by atoms with Crippen LogP contribution in [0.1, 0.15) is 46.5 Å². The van der Waals surface area contributed by atoms with Crippen LogP contribution in [0.4, 0.5) is 4.79 Å². The van der Waals surface area contributed by atoms with E-state index in [1.165, 1.54) is 0 Å². The number of hydrogen-bond donors (Lipinski definition) is 4. The Morgan fingerprint density at radius 1 is 1.32 bits per heavy atom. The molecule has 0 saturated carbocycles. The van der Waals surface area contributed by atoms with Crippen LogP contribution in [-0.4, -0.2) is 42.5 Å². The molecule has 25 heavy (non-hydrogen) atoms. The third-order valence-electron chi connectivity index (χ3n) is 3.93. The lowest BCUT2D eigenvalue weighted by Crippen LogP contribution is -2.52. The zero-order chi connectivity index (χ0) is 19.2. The Bertz CT molecular complexity index is 529. The van der Waals surface area contributed by atoms with Gasteiger partial charge in [-0.15, -0.1) is 0 Å². The van der Waals surface area contributed by atoms with E-state index in [2.05, 4.69) is 10.6 Å². The number of piperidine rings is 1. The molecule has 0 unspecified atom stereocenters. The lowest BCUT2D eigenvalue weighted by molar-refractivity contribution is -0.135. The maximum absolute atomic E-state index is 12.4. The van der Waals surface area contributed by atoms with Gasteiger partial charge >= 0.3 is 6.09 Å². The van der Waals surface area contributed by atoms with Crippen LogP contribution in [0.3, 0.4) is 0 Å². The van der Waals surface area contributed by atoms with Crippen LogP contribution < -0.4 is 22.1 Å². The Labute approximate surface area is 147 Å². The van der Waals surface area contributed by atoms with Crippen LogP contribution >= 0.6 is 0 Å². The molecule has 9 heteroatoms. The van der Waals surface area contributed by atoms with Gasteiger partial charge in [-0.05, 0) is 31.1 Å². The van der Waals surface area contributed by atoms with Gasteiger partial charge in [0.2, 0.25) is 11.8 Å². The number of ether oxygens (including phenoxy) is 1. The highest BCUT2D eigenvalue weighted by Gasteiger charge is 2.33. The third-order valence-corrected chi connectivity index (χ3v) is 3.93. The lowest BCUT2D eigenvalue weighted by Gasteiger charge is -2.28. The monoisotopic (exact) mass is 356 g/mol. The fraction of sp³-hybridized carbons (Fsp3) is 0.750. The molecule has 1 aliphatic rings. The molecule has 1 aliphatic heterocycles. The second-order valence-electron chi connectivity index (χ2n) is 7.52. The molecular formula is C16H28N4O5. The number of amides is 4. The van der Waals surface area contributed by atoms with E-state index in [0.29, 0.717) is 13.0 Å². The molecule has 0 spiro atoms. The summed E-state index contributed by atoms with van der Waals surface area (Å²) in [4.78, 5) is 47.0. The molecule has 1 saturated heterocycles. The van der Waals surface area contributed by atoms with E-state index in [1.54, 1.807) is 0 Å². The third kappa shape index (κ3) is 7.40. The SMILES string of the molecule is CC(C)(C)C[C@H](OC(N)=O)C(=O)N[C@@H](C[C@@H]1CCCNC1=O)C(N)=O. The van der Waals surface area contributed by atoms with Crippen molar-refractivity contribution in [2.24, 2.45) is 22.8 Å². The molecule has 0 aromatic carbocycles. The molecule has 0 aromatic heterocycles. The molecule has 0 aromatic rings. The van der Waals surface area contributed by atoms with E-state index < -0.39 is 36.0 Å². The predicted octanol–water partition coefficient (Wildman–Crippen LogP) is -0.227. The predicted molar refractivity (Wildman–Crippen MR) is 90.0 cm³/mol. The Morgan fingerprint density at radius 2 is 1.96 bits per heavy atom. The Morgan fingerprint density at radius 3 is 2.44 bits per heavy atom. The van der Waals surface area contributed by atoms with Crippen molar-refractivity contribution in [2.45, 2.75) is 58.6 Å². The molecule has 1 heterocycles. The van der Waals surface area contributed by atoms with Crippen LogP contribution in [-0.2, 0) is 19.1 Å². The van der Waals surface area contributed by atoms with Crippen molar-refractivity contribution in [2.75, 3.05) is 6.54 Å². The van der Waals surface area contributed by atoms with Gasteiger partial charge in [0.1, 0.15) is 6.04 Å². The summed E-state index contributed by atoms with van der Waals surface area (Å²) in [5.41, 5.74) is 10.1. The molecule has 1 rings (SSSR count). The molecule has 9 nitrogen and oxygen atoms in total. The van der Waals surface area contributed by atoms with Crippen LogP contribution in [0.15, 0.2) is 0 Å². The summed E-state index contributed by atoms with van der Waals surface area (Å²) in [5, 5.41) is 5.21. The van der Waals surface area contributed by atoms with E-state index >= 15 is 0 Å². The van der Waals surface area contributed by atoms with Gasteiger partial charge in [0.15, 0.2) is 6.10 Å². The quantitative estimate of drug-likeness (QED) is 0.496. The van der Waals surface area contributed by atoms with Gasteiger partial charge in [-0.25, -0.2) is 4.79 Å². The normalized spacial score (nSPS) is 20.1. The van der Waals surface area contributed by atoms with Gasteiger partial charge < -0.3 is 26.8 Å². The number of nitrogens with two attached hydrogens (primary N) is 2. The maximum Gasteiger partial charge on any atom is 0.405 e. The fourth-order valence-corrected chi connectivity index (χ4v) is 2.74. The largest absolute Gasteiger partial charge is 0.436 e. The Balaban J connectivity index is 2.79. The number of hydrogen-bond acceptors (Lipinski definition) is 5. The van der Waals surface area contributed by atoms with Gasteiger partial charge in [-0.2, -0.15) is 0 Å². The molecule has 0 radical (unpaired) electrons. The first kappa shape index (κ1) is 20.7. The number of carbonyl (C=O) groups excluding carboxylic acids is 4. The second kappa shape index (κ2) is 8.68. The molecule has 3 atom stereocenters. The first-order valence-electron chi connectivity index (χ1n) is 8.33. The van der Waals surface area contributed by atoms with Crippen molar-refractivity contribution >= 4 is 23.8 Å². The van der Waals surface area contributed by atoms with E-state index in [9.17, 15) is 19.2 Å². The van der Waals surface area contributed by atoms with Crippen molar-refractivity contribution in [3.63, 3.8) is 0 Å². The van der Waals surface area contributed by atoms with Gasteiger partial charge in [-0.1, -0.05) is 20.8 Å². The average molecular weight is 356 g/mol. The second-order valence-corrected chi connectivity index (χ2v) is 7.52. The standard InChI is InChI=1S/C16H28N4O5/c1-16(2,3)8-11(25-15(18)24)14(23)20-10(12(17)21)7-9-5-4-6-19-13(9)22/h9-11H,4-8H2,1-3H3,(H2,17,21)(H2,18,24)(H,19,22)(H,20,23)/t9-,10-,11-/m0/s1. The van der Waals surface area contributed by atoms with Gasteiger partial charge in [0, 0.05) is 12.5 Å². The summed E-state index contributed by atoms with van der Waals surface area (Å²) in [6.45, 7) is 6.21. The summed E-state index contributed by atoms with van der Waals surface area (Å²) < 4.78 is 4.88. The smallest absolute Gasteiger partial charge is 0.405 e. The van der Waals surface area contributed by atoms with Crippen LogP contribution in [0, 0.1) is 11.3 Å². The number of carbonyl (C=O) groups is 4. The minimum Gasteiger partial charge on any atom is -0.436 e. The van der Waals surface area contributed by atoms with E-state index in [4.69, 9.17) is 16.2 Å². The summed E-state index contributed by atoms with van der Waals surface area (Å²) in [6.07, 6.45) is -0.476. The summed E-state index contributed by atoms with van der Waals surface area (Å²) in [5.74, 6) is -1.97. The average Bonchev–Trinajstić information content (AvgIpc) is 2.45. The highest BCUT2D eigenvalue weighted by atomic mass is 16.6. The van der Waals surface area contributed by atoms with E-state index in [0.717, 1.165) is 6.42 Å². The molecular weight excluding hydrogens is 328 g/mol. The van der Waals surface area contributed by atoms with Crippen LogP contribution in [0.2, 0.25) is 0 Å². The topological polar surface area (TPSA) is 154 Å². The van der Waals surface area contributed by atoms with Crippen molar-refractivity contribution in [1.29, 1.82) is 0 Å². The molecule has 6 N–H and O–H groups in total. The first-order valence-corrected chi connectivity index (χ1v) is 8.33. The lowest BCUT2D eigenvalue weighted by atomic mass is 9.88. The fourth-order valence-electron chi connectivity index (χ4n) is 2.74. The van der Waals surface area contributed by atoms with Crippen LogP contribution in [0.5, 0.6) is 0 Å². The van der Waals surface area contributed by atoms with Crippen molar-refractivity contribution < 1.29 is 23.9 Å². The minimum atomic E-state index is -1.14. The van der Waals surface area contributed by atoms with Crippen molar-refractivity contribution in [3.05, 3.63) is 0 Å². The Kier molecular flexibility index (Phi) is 7.20. The van der Waals surface area contributed by atoms with Crippen molar-refractivity contribution in [3.8, 4) is 0 Å². The highest BCUT2D eigenvalue weighted by Crippen LogP contribution is 2.23. The summed E-state index contributed by atoms with van der Waals surface area (Å²) in [7, 11) is 0. The molecule has 4 amide bonds. The number of rotatable bonds is 7. The van der Waals surface area contributed by atoms with Crippen LogP contribution in [0.25, 0.3) is 0 Å². The Hall–Kier alpha value is -2.32. The minimum absolute atomic E-state index is 0.103. The van der Waals surface area contributed by atoms with Crippen molar-refractivity contribution in [1.82, 2.24) is 10.6 Å². The molecule has 0 bridgehead atoms. The highest BCUT2D eigenvalue weighted by molar-refractivity contribution is 5.90. The molecule has 0 aliphatic carbocycles. The molecule has 1 fully saturated rings. The number of nitrogens with one attached hydrogen (secondary N) is 2. The van der Waals surface area contributed by atoms with Gasteiger partial charge in [-0.3, -0.25) is 14.4 Å². The zero-order valence-electron chi connectivity index (χ0n) is 15.0. The maximum atomic E-state index is 12.4. The van der Waals surface area contributed by atoms with Gasteiger partial charge in [0.05, 0.1) is 0 Å². The van der Waals surface area contributed by atoms with E-state index in [-0.39, 0.29) is 24.2 Å².